The molecule has 0 aliphatic rings. The average molecular weight is 260 g/mol. The summed E-state index contributed by atoms with van der Waals surface area (Å²) in [6.07, 6.45) is 1.29. The maximum absolute atomic E-state index is 12.3. The molecule has 0 unspecified atom stereocenters. The maximum Gasteiger partial charge on any atom is 0.253 e. The lowest BCUT2D eigenvalue weighted by molar-refractivity contribution is 0.0700. The van der Waals surface area contributed by atoms with Crippen LogP contribution in [-0.4, -0.2) is 37.6 Å². The van der Waals surface area contributed by atoms with Gasteiger partial charge in [-0.2, -0.15) is 5.26 Å². The molecule has 0 bridgehead atoms. The third-order valence-corrected chi connectivity index (χ3v) is 2.96. The van der Waals surface area contributed by atoms with Crippen molar-refractivity contribution in [3.05, 3.63) is 35.4 Å². The zero-order valence-electron chi connectivity index (χ0n) is 11.6. The molecule has 0 radical (unpaired) electrons. The van der Waals surface area contributed by atoms with E-state index in [1.165, 1.54) is 5.56 Å². The number of hydrogen-bond donors (Lipinski definition) is 0. The van der Waals surface area contributed by atoms with Crippen LogP contribution in [0.1, 0.15) is 29.3 Å². The fourth-order valence-corrected chi connectivity index (χ4v) is 1.77. The molecule has 0 N–H and O–H groups in total. The molecular formula is C15H20N2O2. The van der Waals surface area contributed by atoms with Gasteiger partial charge in [0.25, 0.3) is 5.91 Å². The Morgan fingerprint density at radius 1 is 1.32 bits per heavy atom. The SMILES string of the molecule is CCc1ccc(C(=O)N(CCC#N)CCOC)cc1. The van der Waals surface area contributed by atoms with Crippen LogP contribution in [0.4, 0.5) is 0 Å². The van der Waals surface area contributed by atoms with Gasteiger partial charge in [0.05, 0.1) is 19.1 Å². The zero-order chi connectivity index (χ0) is 14.1. The Labute approximate surface area is 114 Å². The minimum Gasteiger partial charge on any atom is -0.383 e. The van der Waals surface area contributed by atoms with Crippen molar-refractivity contribution < 1.29 is 9.53 Å². The third kappa shape index (κ3) is 4.72. The Bertz CT molecular complexity index is 434. The van der Waals surface area contributed by atoms with Gasteiger partial charge >= 0.3 is 0 Å². The van der Waals surface area contributed by atoms with Gasteiger partial charge in [0.15, 0.2) is 0 Å². The van der Waals surface area contributed by atoms with Crippen LogP contribution in [0.5, 0.6) is 0 Å². The first-order valence-corrected chi connectivity index (χ1v) is 6.47. The van der Waals surface area contributed by atoms with Crippen LogP contribution in [0.15, 0.2) is 24.3 Å². The molecule has 0 saturated carbocycles. The average Bonchev–Trinajstić information content (AvgIpc) is 2.47. The van der Waals surface area contributed by atoms with Crippen molar-refractivity contribution in [1.29, 1.82) is 5.26 Å². The number of benzene rings is 1. The first kappa shape index (κ1) is 15.2. The number of amides is 1. The Balaban J connectivity index is 2.75. The Morgan fingerprint density at radius 3 is 2.53 bits per heavy atom. The molecule has 4 heteroatoms. The number of carbonyl (C=O) groups is 1. The van der Waals surface area contributed by atoms with E-state index in [-0.39, 0.29) is 5.91 Å². The van der Waals surface area contributed by atoms with E-state index in [4.69, 9.17) is 10.00 Å². The van der Waals surface area contributed by atoms with Gasteiger partial charge < -0.3 is 9.64 Å². The molecule has 0 aromatic heterocycles. The molecule has 102 valence electrons. The lowest BCUT2D eigenvalue weighted by Gasteiger charge is -2.21. The number of nitrogens with zero attached hydrogens (tertiary/aromatic N) is 2. The fraction of sp³-hybridized carbons (Fsp3) is 0.467. The summed E-state index contributed by atoms with van der Waals surface area (Å²) in [7, 11) is 1.60. The van der Waals surface area contributed by atoms with Gasteiger partial charge in [0, 0.05) is 25.8 Å². The zero-order valence-corrected chi connectivity index (χ0v) is 11.6. The van der Waals surface area contributed by atoms with Crippen molar-refractivity contribution in [3.8, 4) is 6.07 Å². The monoisotopic (exact) mass is 260 g/mol. The van der Waals surface area contributed by atoms with Crippen LogP contribution in [0.25, 0.3) is 0 Å². The summed E-state index contributed by atoms with van der Waals surface area (Å²) in [5, 5.41) is 8.64. The predicted octanol–water partition coefficient (Wildman–Crippen LogP) is 2.25. The van der Waals surface area contributed by atoms with Gasteiger partial charge in [0.2, 0.25) is 0 Å². The standard InChI is InChI=1S/C15H20N2O2/c1-3-13-5-7-14(8-6-13)15(18)17(10-4-9-16)11-12-19-2/h5-8H,3-4,10-12H2,1-2H3. The minimum atomic E-state index is -0.0463. The Hall–Kier alpha value is -1.86. The molecule has 0 spiro atoms. The predicted molar refractivity (Wildman–Crippen MR) is 73.8 cm³/mol. The molecule has 0 heterocycles. The highest BCUT2D eigenvalue weighted by molar-refractivity contribution is 5.94. The molecule has 19 heavy (non-hydrogen) atoms. The number of hydrogen-bond acceptors (Lipinski definition) is 3. The fourth-order valence-electron chi connectivity index (χ4n) is 1.77. The molecule has 1 amide bonds. The van der Waals surface area contributed by atoms with Crippen LogP contribution in [0, 0.1) is 11.3 Å². The molecule has 0 fully saturated rings. The normalized spacial score (nSPS) is 9.95. The van der Waals surface area contributed by atoms with Crippen LogP contribution in [0.3, 0.4) is 0 Å². The van der Waals surface area contributed by atoms with Crippen molar-refractivity contribution in [1.82, 2.24) is 4.90 Å². The molecule has 1 aromatic carbocycles. The van der Waals surface area contributed by atoms with E-state index in [9.17, 15) is 4.79 Å². The second-order valence-electron chi connectivity index (χ2n) is 4.24. The second-order valence-corrected chi connectivity index (χ2v) is 4.24. The van der Waals surface area contributed by atoms with Gasteiger partial charge in [-0.1, -0.05) is 19.1 Å². The topological polar surface area (TPSA) is 53.3 Å². The van der Waals surface area contributed by atoms with E-state index in [2.05, 4.69) is 13.0 Å². The van der Waals surface area contributed by atoms with Crippen LogP contribution < -0.4 is 0 Å². The van der Waals surface area contributed by atoms with Gasteiger partial charge in [-0.05, 0) is 24.1 Å². The number of rotatable bonds is 7. The van der Waals surface area contributed by atoms with Crippen LogP contribution in [-0.2, 0) is 11.2 Å². The van der Waals surface area contributed by atoms with Crippen molar-refractivity contribution in [2.45, 2.75) is 19.8 Å². The molecule has 0 atom stereocenters. The molecule has 1 aromatic rings. The smallest absolute Gasteiger partial charge is 0.253 e. The molecule has 0 saturated heterocycles. The van der Waals surface area contributed by atoms with E-state index >= 15 is 0 Å². The van der Waals surface area contributed by atoms with Crippen molar-refractivity contribution in [2.75, 3.05) is 26.8 Å². The third-order valence-electron chi connectivity index (χ3n) is 2.96. The van der Waals surface area contributed by atoms with Crippen LogP contribution in [0.2, 0.25) is 0 Å². The van der Waals surface area contributed by atoms with E-state index in [1.807, 2.05) is 24.3 Å². The maximum atomic E-state index is 12.3. The van der Waals surface area contributed by atoms with Gasteiger partial charge in [-0.3, -0.25) is 4.79 Å². The van der Waals surface area contributed by atoms with Crippen molar-refractivity contribution in [2.24, 2.45) is 0 Å². The highest BCUT2D eigenvalue weighted by Gasteiger charge is 2.14. The van der Waals surface area contributed by atoms with E-state index in [0.29, 0.717) is 31.7 Å². The summed E-state index contributed by atoms with van der Waals surface area (Å²) in [4.78, 5) is 14.0. The number of carbonyl (C=O) groups excluding carboxylic acids is 1. The van der Waals surface area contributed by atoms with E-state index in [1.54, 1.807) is 12.0 Å². The second kappa shape index (κ2) is 8.28. The number of aryl methyl sites for hydroxylation is 1. The lowest BCUT2D eigenvalue weighted by Crippen LogP contribution is -2.34. The van der Waals surface area contributed by atoms with E-state index < -0.39 is 0 Å². The van der Waals surface area contributed by atoms with Crippen molar-refractivity contribution in [3.63, 3.8) is 0 Å². The number of methoxy groups -OCH3 is 1. The summed E-state index contributed by atoms with van der Waals surface area (Å²) >= 11 is 0. The first-order valence-electron chi connectivity index (χ1n) is 6.47. The quantitative estimate of drug-likeness (QED) is 0.755. The van der Waals surface area contributed by atoms with Crippen molar-refractivity contribution >= 4 is 5.91 Å². The minimum absolute atomic E-state index is 0.0463. The van der Waals surface area contributed by atoms with Crippen LogP contribution >= 0.6 is 0 Å². The Morgan fingerprint density at radius 2 is 2.00 bits per heavy atom. The van der Waals surface area contributed by atoms with Gasteiger partial charge in [-0.25, -0.2) is 0 Å². The number of ether oxygens (including phenoxy) is 1. The lowest BCUT2D eigenvalue weighted by atomic mass is 10.1. The summed E-state index contributed by atoms with van der Waals surface area (Å²) < 4.78 is 5.00. The molecular weight excluding hydrogens is 240 g/mol. The van der Waals surface area contributed by atoms with Gasteiger partial charge in [-0.15, -0.1) is 0 Å². The molecule has 4 nitrogen and oxygen atoms in total. The Kier molecular flexibility index (Phi) is 6.62. The first-order chi connectivity index (χ1) is 9.22. The number of nitriles is 1. The summed E-state index contributed by atoms with van der Waals surface area (Å²) in [6.45, 7) is 3.50. The van der Waals surface area contributed by atoms with Gasteiger partial charge in [0.1, 0.15) is 0 Å². The molecule has 0 aliphatic heterocycles. The largest absolute Gasteiger partial charge is 0.383 e. The summed E-state index contributed by atoms with van der Waals surface area (Å²) in [5.74, 6) is -0.0463. The highest BCUT2D eigenvalue weighted by Crippen LogP contribution is 2.09. The molecule has 1 rings (SSSR count). The van der Waals surface area contributed by atoms with E-state index in [0.717, 1.165) is 6.42 Å². The highest BCUT2D eigenvalue weighted by atomic mass is 16.5. The summed E-state index contributed by atoms with van der Waals surface area (Å²) in [5.41, 5.74) is 1.86. The molecule has 0 aliphatic carbocycles. The summed E-state index contributed by atoms with van der Waals surface area (Å²) in [6, 6.07) is 9.67.